The maximum atomic E-state index is 13.8. The molecule has 1 atom stereocenters. The van der Waals surface area contributed by atoms with E-state index in [1.165, 1.54) is 4.88 Å². The SMILES string of the molecule is CCN(Cc1cccs1)c1cc(C)c(F)cc1[C@@H](C)N. The van der Waals surface area contributed by atoms with Gasteiger partial charge < -0.3 is 10.6 Å². The lowest BCUT2D eigenvalue weighted by atomic mass is 10.0. The summed E-state index contributed by atoms with van der Waals surface area (Å²) < 4.78 is 13.8. The molecule has 0 aliphatic carbocycles. The van der Waals surface area contributed by atoms with Crippen molar-refractivity contribution in [2.45, 2.75) is 33.4 Å². The Morgan fingerprint density at radius 3 is 2.70 bits per heavy atom. The number of halogens is 1. The first-order chi connectivity index (χ1) is 9.52. The van der Waals surface area contributed by atoms with E-state index in [-0.39, 0.29) is 11.9 Å². The van der Waals surface area contributed by atoms with Crippen molar-refractivity contribution in [3.63, 3.8) is 0 Å². The maximum Gasteiger partial charge on any atom is 0.126 e. The number of benzene rings is 1. The first kappa shape index (κ1) is 15.0. The van der Waals surface area contributed by atoms with Crippen LogP contribution < -0.4 is 10.6 Å². The molecule has 108 valence electrons. The van der Waals surface area contributed by atoms with Crippen molar-refractivity contribution < 1.29 is 4.39 Å². The lowest BCUT2D eigenvalue weighted by molar-refractivity contribution is 0.612. The number of nitrogens with zero attached hydrogens (tertiary/aromatic N) is 1. The van der Waals surface area contributed by atoms with E-state index in [4.69, 9.17) is 5.73 Å². The molecule has 0 aliphatic heterocycles. The highest BCUT2D eigenvalue weighted by Crippen LogP contribution is 2.30. The van der Waals surface area contributed by atoms with Crippen LogP contribution in [0.4, 0.5) is 10.1 Å². The van der Waals surface area contributed by atoms with Crippen molar-refractivity contribution in [2.75, 3.05) is 11.4 Å². The quantitative estimate of drug-likeness (QED) is 0.893. The van der Waals surface area contributed by atoms with Crippen molar-refractivity contribution in [1.82, 2.24) is 0 Å². The molecule has 1 aromatic heterocycles. The summed E-state index contributed by atoms with van der Waals surface area (Å²) in [5.41, 5.74) is 8.57. The molecule has 0 spiro atoms. The molecule has 0 radical (unpaired) electrons. The van der Waals surface area contributed by atoms with Crippen LogP contribution in [0.15, 0.2) is 29.6 Å². The number of nitrogens with two attached hydrogens (primary N) is 1. The average Bonchev–Trinajstić information content (AvgIpc) is 2.91. The van der Waals surface area contributed by atoms with Gasteiger partial charge in [-0.05, 0) is 55.5 Å². The molecule has 20 heavy (non-hydrogen) atoms. The zero-order chi connectivity index (χ0) is 14.7. The number of thiophene rings is 1. The van der Waals surface area contributed by atoms with Crippen LogP contribution >= 0.6 is 11.3 Å². The van der Waals surface area contributed by atoms with Crippen LogP contribution in [0, 0.1) is 12.7 Å². The Balaban J connectivity index is 2.39. The van der Waals surface area contributed by atoms with E-state index in [1.807, 2.05) is 13.0 Å². The fourth-order valence-electron chi connectivity index (χ4n) is 2.28. The predicted octanol–water partition coefficient (Wildman–Crippen LogP) is 4.24. The molecular weight excluding hydrogens is 271 g/mol. The normalized spacial score (nSPS) is 12.4. The van der Waals surface area contributed by atoms with Crippen LogP contribution in [0.25, 0.3) is 0 Å². The number of rotatable bonds is 5. The number of hydrogen-bond donors (Lipinski definition) is 1. The van der Waals surface area contributed by atoms with E-state index in [0.29, 0.717) is 5.56 Å². The summed E-state index contributed by atoms with van der Waals surface area (Å²) in [5.74, 6) is -0.187. The standard InChI is InChI=1S/C16H21FN2S/c1-4-19(10-13-6-5-7-20-13)16-8-11(2)15(17)9-14(16)12(3)18/h5-9,12H,4,10,18H2,1-3H3/t12-/m1/s1. The molecule has 0 unspecified atom stereocenters. The summed E-state index contributed by atoms with van der Waals surface area (Å²) in [7, 11) is 0. The van der Waals surface area contributed by atoms with Crippen molar-refractivity contribution in [1.29, 1.82) is 0 Å². The topological polar surface area (TPSA) is 29.3 Å². The highest BCUT2D eigenvalue weighted by atomic mass is 32.1. The molecule has 0 saturated heterocycles. The predicted molar refractivity (Wildman–Crippen MR) is 84.8 cm³/mol. The van der Waals surface area contributed by atoms with Gasteiger partial charge in [-0.15, -0.1) is 11.3 Å². The van der Waals surface area contributed by atoms with E-state index in [1.54, 1.807) is 24.3 Å². The van der Waals surface area contributed by atoms with Crippen molar-refractivity contribution in [3.05, 3.63) is 51.5 Å². The van der Waals surface area contributed by atoms with Gasteiger partial charge in [-0.25, -0.2) is 4.39 Å². The lowest BCUT2D eigenvalue weighted by Gasteiger charge is -2.27. The number of hydrogen-bond acceptors (Lipinski definition) is 3. The van der Waals surface area contributed by atoms with E-state index >= 15 is 0 Å². The Morgan fingerprint density at radius 1 is 1.40 bits per heavy atom. The molecular formula is C16H21FN2S. The molecule has 0 saturated carbocycles. The number of aryl methyl sites for hydroxylation is 1. The minimum Gasteiger partial charge on any atom is -0.366 e. The first-order valence-electron chi connectivity index (χ1n) is 6.85. The maximum absolute atomic E-state index is 13.8. The fourth-order valence-corrected chi connectivity index (χ4v) is 3.00. The molecule has 2 rings (SSSR count). The summed E-state index contributed by atoms with van der Waals surface area (Å²) >= 11 is 1.74. The third-order valence-electron chi connectivity index (χ3n) is 3.45. The van der Waals surface area contributed by atoms with Gasteiger partial charge in [-0.3, -0.25) is 0 Å². The smallest absolute Gasteiger partial charge is 0.126 e. The number of anilines is 1. The third kappa shape index (κ3) is 3.19. The lowest BCUT2D eigenvalue weighted by Crippen LogP contribution is -2.24. The van der Waals surface area contributed by atoms with Gasteiger partial charge in [0.2, 0.25) is 0 Å². The van der Waals surface area contributed by atoms with Gasteiger partial charge in [-0.2, -0.15) is 0 Å². The van der Waals surface area contributed by atoms with Gasteiger partial charge in [0, 0.05) is 23.2 Å². The molecule has 4 heteroatoms. The van der Waals surface area contributed by atoms with Gasteiger partial charge >= 0.3 is 0 Å². The molecule has 0 bridgehead atoms. The minimum absolute atomic E-state index is 0.183. The largest absolute Gasteiger partial charge is 0.366 e. The summed E-state index contributed by atoms with van der Waals surface area (Å²) in [5, 5.41) is 2.07. The van der Waals surface area contributed by atoms with Gasteiger partial charge in [0.15, 0.2) is 0 Å². The highest BCUT2D eigenvalue weighted by molar-refractivity contribution is 7.09. The van der Waals surface area contributed by atoms with E-state index in [0.717, 1.165) is 24.3 Å². The van der Waals surface area contributed by atoms with Crippen LogP contribution in [-0.2, 0) is 6.54 Å². The Bertz CT molecular complexity index is 564. The van der Waals surface area contributed by atoms with E-state index in [9.17, 15) is 4.39 Å². The minimum atomic E-state index is -0.187. The third-order valence-corrected chi connectivity index (χ3v) is 4.31. The first-order valence-corrected chi connectivity index (χ1v) is 7.73. The van der Waals surface area contributed by atoms with Crippen molar-refractivity contribution in [3.8, 4) is 0 Å². The Morgan fingerprint density at radius 2 is 2.15 bits per heavy atom. The molecule has 1 heterocycles. The molecule has 0 aliphatic rings. The van der Waals surface area contributed by atoms with E-state index < -0.39 is 0 Å². The molecule has 0 fully saturated rings. The second kappa shape index (κ2) is 6.37. The Labute approximate surface area is 124 Å². The van der Waals surface area contributed by atoms with Gasteiger partial charge in [-0.1, -0.05) is 6.07 Å². The van der Waals surface area contributed by atoms with Gasteiger partial charge in [0.25, 0.3) is 0 Å². The summed E-state index contributed by atoms with van der Waals surface area (Å²) in [4.78, 5) is 3.54. The molecule has 2 N–H and O–H groups in total. The van der Waals surface area contributed by atoms with Crippen molar-refractivity contribution >= 4 is 17.0 Å². The summed E-state index contributed by atoms with van der Waals surface area (Å²) in [6.45, 7) is 7.49. The summed E-state index contributed by atoms with van der Waals surface area (Å²) in [6, 6.07) is 7.47. The van der Waals surface area contributed by atoms with E-state index in [2.05, 4.69) is 29.3 Å². The van der Waals surface area contributed by atoms with Crippen LogP contribution in [0.2, 0.25) is 0 Å². The highest BCUT2D eigenvalue weighted by Gasteiger charge is 2.16. The Kier molecular flexibility index (Phi) is 4.78. The van der Waals surface area contributed by atoms with Crippen LogP contribution in [0.1, 0.15) is 35.9 Å². The second-order valence-corrected chi connectivity index (χ2v) is 6.07. The van der Waals surface area contributed by atoms with Gasteiger partial charge in [0.05, 0.1) is 6.54 Å². The zero-order valence-electron chi connectivity index (χ0n) is 12.2. The fraction of sp³-hybridized carbons (Fsp3) is 0.375. The molecule has 2 nitrogen and oxygen atoms in total. The summed E-state index contributed by atoms with van der Waals surface area (Å²) in [6.07, 6.45) is 0. The van der Waals surface area contributed by atoms with Crippen LogP contribution in [0.3, 0.4) is 0 Å². The van der Waals surface area contributed by atoms with Crippen molar-refractivity contribution in [2.24, 2.45) is 5.73 Å². The Hall–Kier alpha value is -1.39. The van der Waals surface area contributed by atoms with Crippen LogP contribution in [0.5, 0.6) is 0 Å². The van der Waals surface area contributed by atoms with Crippen LogP contribution in [-0.4, -0.2) is 6.54 Å². The molecule has 0 amide bonds. The average molecular weight is 292 g/mol. The zero-order valence-corrected chi connectivity index (χ0v) is 13.0. The second-order valence-electron chi connectivity index (χ2n) is 5.04. The molecule has 1 aromatic carbocycles. The monoisotopic (exact) mass is 292 g/mol. The van der Waals surface area contributed by atoms with Gasteiger partial charge in [0.1, 0.15) is 5.82 Å². The molecule has 2 aromatic rings.